The first-order valence-corrected chi connectivity index (χ1v) is 10.7. The summed E-state index contributed by atoms with van der Waals surface area (Å²) in [6.45, 7) is 9.56. The summed E-state index contributed by atoms with van der Waals surface area (Å²) in [5, 5.41) is 0. The molecule has 0 saturated heterocycles. The van der Waals surface area contributed by atoms with Gasteiger partial charge in [0, 0.05) is 0 Å². The largest absolute Gasteiger partial charge is 0.369 e. The van der Waals surface area contributed by atoms with Crippen molar-refractivity contribution < 1.29 is 4.74 Å². The van der Waals surface area contributed by atoms with E-state index in [1.807, 2.05) is 0 Å². The molecular formula is C22H42O. The van der Waals surface area contributed by atoms with Crippen molar-refractivity contribution in [2.75, 3.05) is 0 Å². The van der Waals surface area contributed by atoms with Crippen molar-refractivity contribution in [1.29, 1.82) is 0 Å². The van der Waals surface area contributed by atoms with E-state index in [2.05, 4.69) is 27.7 Å². The molecule has 0 aromatic rings. The molecule has 1 nitrogen and oxygen atoms in total. The summed E-state index contributed by atoms with van der Waals surface area (Å²) < 4.78 is 7.25. The zero-order valence-corrected chi connectivity index (χ0v) is 16.5. The van der Waals surface area contributed by atoms with Crippen LogP contribution in [0.5, 0.6) is 0 Å². The van der Waals surface area contributed by atoms with E-state index >= 15 is 0 Å². The molecule has 2 rings (SSSR count). The second kappa shape index (κ2) is 8.88. The van der Waals surface area contributed by atoms with Gasteiger partial charge >= 0.3 is 0 Å². The van der Waals surface area contributed by atoms with E-state index in [9.17, 15) is 0 Å². The Labute approximate surface area is 146 Å². The molecule has 0 aliphatic heterocycles. The van der Waals surface area contributed by atoms with Crippen molar-refractivity contribution >= 4 is 0 Å². The molecule has 2 aliphatic carbocycles. The molecule has 0 amide bonds. The van der Waals surface area contributed by atoms with Gasteiger partial charge in [-0.25, -0.2) is 0 Å². The van der Waals surface area contributed by atoms with E-state index in [4.69, 9.17) is 4.74 Å². The van der Waals surface area contributed by atoms with E-state index < -0.39 is 0 Å². The maximum Gasteiger partial charge on any atom is 0.0692 e. The van der Waals surface area contributed by atoms with Crippen LogP contribution in [0.1, 0.15) is 118 Å². The fourth-order valence-electron chi connectivity index (χ4n) is 5.42. The topological polar surface area (TPSA) is 9.23 Å². The van der Waals surface area contributed by atoms with Crippen LogP contribution in [-0.4, -0.2) is 11.2 Å². The lowest BCUT2D eigenvalue weighted by Gasteiger charge is -2.50. The monoisotopic (exact) mass is 322 g/mol. The molecule has 0 aromatic heterocycles. The van der Waals surface area contributed by atoms with Crippen LogP contribution in [-0.2, 0) is 4.74 Å². The van der Waals surface area contributed by atoms with Crippen molar-refractivity contribution in [3.05, 3.63) is 0 Å². The van der Waals surface area contributed by atoms with Crippen molar-refractivity contribution in [1.82, 2.24) is 0 Å². The van der Waals surface area contributed by atoms with Crippen LogP contribution < -0.4 is 0 Å². The Bertz CT molecular complexity index is 307. The number of hydrogen-bond acceptors (Lipinski definition) is 1. The summed E-state index contributed by atoms with van der Waals surface area (Å²) in [6, 6.07) is 0. The third kappa shape index (κ3) is 5.48. The molecule has 0 radical (unpaired) electrons. The van der Waals surface area contributed by atoms with Crippen LogP contribution in [0, 0.1) is 11.8 Å². The highest BCUT2D eigenvalue weighted by molar-refractivity contribution is 4.95. The van der Waals surface area contributed by atoms with Gasteiger partial charge in [0.05, 0.1) is 11.2 Å². The first-order valence-electron chi connectivity index (χ1n) is 10.7. The molecule has 2 saturated carbocycles. The lowest BCUT2D eigenvalue weighted by atomic mass is 9.72. The van der Waals surface area contributed by atoms with Crippen molar-refractivity contribution in [3.8, 4) is 0 Å². The first-order chi connectivity index (χ1) is 11.0. The van der Waals surface area contributed by atoms with Gasteiger partial charge in [-0.3, -0.25) is 0 Å². The predicted molar refractivity (Wildman–Crippen MR) is 101 cm³/mol. The van der Waals surface area contributed by atoms with Crippen molar-refractivity contribution in [2.45, 2.75) is 129 Å². The number of unbranched alkanes of at least 4 members (excludes halogenated alkanes) is 2. The third-order valence-corrected chi connectivity index (χ3v) is 6.50. The number of rotatable bonds is 8. The molecule has 0 N–H and O–H groups in total. The van der Waals surface area contributed by atoms with Crippen LogP contribution in [0.4, 0.5) is 0 Å². The predicted octanol–water partition coefficient (Wildman–Crippen LogP) is 7.28. The summed E-state index contributed by atoms with van der Waals surface area (Å²) in [5.41, 5.74) is 0.414. The molecule has 136 valence electrons. The molecule has 0 heterocycles. The van der Waals surface area contributed by atoms with Gasteiger partial charge in [-0.05, 0) is 50.4 Å². The average molecular weight is 323 g/mol. The molecule has 2 fully saturated rings. The minimum atomic E-state index is 0.207. The van der Waals surface area contributed by atoms with Crippen LogP contribution in [0.3, 0.4) is 0 Å². The fourth-order valence-corrected chi connectivity index (χ4v) is 5.42. The fraction of sp³-hybridized carbons (Fsp3) is 1.00. The Morgan fingerprint density at radius 1 is 0.783 bits per heavy atom. The van der Waals surface area contributed by atoms with E-state index in [0.29, 0.717) is 0 Å². The summed E-state index contributed by atoms with van der Waals surface area (Å²) in [5.74, 6) is 1.70. The first kappa shape index (κ1) is 19.3. The zero-order valence-electron chi connectivity index (χ0n) is 16.5. The molecule has 4 atom stereocenters. The Balaban J connectivity index is 2.14. The third-order valence-electron chi connectivity index (χ3n) is 6.50. The lowest BCUT2D eigenvalue weighted by molar-refractivity contribution is -0.202. The summed E-state index contributed by atoms with van der Waals surface area (Å²) in [4.78, 5) is 0. The highest BCUT2D eigenvalue weighted by Gasteiger charge is 2.44. The molecule has 0 bridgehead atoms. The normalized spacial score (nSPS) is 38.6. The summed E-state index contributed by atoms with van der Waals surface area (Å²) in [7, 11) is 0. The molecule has 23 heavy (non-hydrogen) atoms. The molecule has 0 aromatic carbocycles. The van der Waals surface area contributed by atoms with Crippen molar-refractivity contribution in [3.63, 3.8) is 0 Å². The number of ether oxygens (including phenoxy) is 1. The number of hydrogen-bond donors (Lipinski definition) is 0. The van der Waals surface area contributed by atoms with Gasteiger partial charge < -0.3 is 4.74 Å². The SMILES string of the molecule is CCCCC1(OC2(CCCC)CCCC(C)C2)CCCC(C)C1. The molecule has 0 spiro atoms. The van der Waals surface area contributed by atoms with Crippen LogP contribution >= 0.6 is 0 Å². The maximum absolute atomic E-state index is 7.25. The average Bonchev–Trinajstić information content (AvgIpc) is 2.51. The van der Waals surface area contributed by atoms with Gasteiger partial charge in [-0.2, -0.15) is 0 Å². The summed E-state index contributed by atoms with van der Waals surface area (Å²) >= 11 is 0. The quantitative estimate of drug-likeness (QED) is 0.456. The molecule has 4 unspecified atom stereocenters. The van der Waals surface area contributed by atoms with E-state index in [0.717, 1.165) is 11.8 Å². The van der Waals surface area contributed by atoms with Gasteiger partial charge in [0.2, 0.25) is 0 Å². The second-order valence-corrected chi connectivity index (χ2v) is 9.08. The Morgan fingerprint density at radius 3 is 1.57 bits per heavy atom. The Morgan fingerprint density at radius 2 is 1.22 bits per heavy atom. The maximum atomic E-state index is 7.25. The highest BCUT2D eigenvalue weighted by atomic mass is 16.5. The van der Waals surface area contributed by atoms with Gasteiger partial charge in [0.1, 0.15) is 0 Å². The van der Waals surface area contributed by atoms with Crippen LogP contribution in [0.2, 0.25) is 0 Å². The smallest absolute Gasteiger partial charge is 0.0692 e. The lowest BCUT2D eigenvalue weighted by Crippen LogP contribution is -2.49. The van der Waals surface area contributed by atoms with Crippen LogP contribution in [0.15, 0.2) is 0 Å². The van der Waals surface area contributed by atoms with E-state index in [-0.39, 0.29) is 11.2 Å². The van der Waals surface area contributed by atoms with Gasteiger partial charge in [0.15, 0.2) is 0 Å². The van der Waals surface area contributed by atoms with Gasteiger partial charge in [-0.1, -0.05) is 79.1 Å². The zero-order chi connectivity index (χ0) is 16.8. The van der Waals surface area contributed by atoms with E-state index in [1.165, 1.54) is 89.9 Å². The van der Waals surface area contributed by atoms with Gasteiger partial charge in [-0.15, -0.1) is 0 Å². The molecule has 1 heteroatoms. The van der Waals surface area contributed by atoms with E-state index in [1.54, 1.807) is 0 Å². The molecular weight excluding hydrogens is 280 g/mol. The second-order valence-electron chi connectivity index (χ2n) is 9.08. The van der Waals surface area contributed by atoms with Crippen molar-refractivity contribution in [2.24, 2.45) is 11.8 Å². The standard InChI is InChI=1S/C22H42O/c1-5-7-13-21(15-9-11-19(3)17-21)23-22(14-8-6-2)16-10-12-20(4)18-22/h19-20H,5-18H2,1-4H3. The van der Waals surface area contributed by atoms with Crippen LogP contribution in [0.25, 0.3) is 0 Å². The Hall–Kier alpha value is -0.0400. The molecule has 2 aliphatic rings. The minimum Gasteiger partial charge on any atom is -0.369 e. The highest BCUT2D eigenvalue weighted by Crippen LogP contribution is 2.47. The van der Waals surface area contributed by atoms with Gasteiger partial charge in [0.25, 0.3) is 0 Å². The minimum absolute atomic E-state index is 0.207. The Kier molecular flexibility index (Phi) is 7.45. The summed E-state index contributed by atoms with van der Waals surface area (Å²) in [6.07, 6.45) is 18.7.